The number of carbonyl (C=O) groups excluding carboxylic acids is 1. The Bertz CT molecular complexity index is 507. The lowest BCUT2D eigenvalue weighted by molar-refractivity contribution is 0.112. The second-order valence-corrected chi connectivity index (χ2v) is 3.54. The minimum Gasteiger partial charge on any atom is -0.298 e. The van der Waals surface area contributed by atoms with Gasteiger partial charge in [0.25, 0.3) is 0 Å². The SMILES string of the molecule is Cc1cn(-c2ccc(C=O)c(Cl)c2)nn1. The predicted molar refractivity (Wildman–Crippen MR) is 56.5 cm³/mol. The molecule has 0 N–H and O–H groups in total. The molecule has 1 aromatic carbocycles. The van der Waals surface area contributed by atoms with Crippen molar-refractivity contribution in [2.24, 2.45) is 0 Å². The van der Waals surface area contributed by atoms with Gasteiger partial charge in [-0.2, -0.15) is 0 Å². The van der Waals surface area contributed by atoms with Gasteiger partial charge in [-0.15, -0.1) is 5.10 Å². The first-order chi connectivity index (χ1) is 7.20. The lowest BCUT2D eigenvalue weighted by atomic mass is 10.2. The van der Waals surface area contributed by atoms with Crippen LogP contribution in [0.1, 0.15) is 16.1 Å². The molecule has 0 bridgehead atoms. The molecule has 0 unspecified atom stereocenters. The molecule has 15 heavy (non-hydrogen) atoms. The number of benzene rings is 1. The van der Waals surface area contributed by atoms with E-state index in [9.17, 15) is 4.79 Å². The first-order valence-corrected chi connectivity index (χ1v) is 4.72. The van der Waals surface area contributed by atoms with Crippen molar-refractivity contribution >= 4 is 17.9 Å². The highest BCUT2D eigenvalue weighted by Crippen LogP contribution is 2.18. The van der Waals surface area contributed by atoms with E-state index in [-0.39, 0.29) is 0 Å². The highest BCUT2D eigenvalue weighted by molar-refractivity contribution is 6.33. The van der Waals surface area contributed by atoms with E-state index in [1.807, 2.05) is 6.92 Å². The van der Waals surface area contributed by atoms with Crippen LogP contribution in [0, 0.1) is 6.92 Å². The third-order valence-electron chi connectivity index (χ3n) is 1.98. The van der Waals surface area contributed by atoms with Gasteiger partial charge in [-0.05, 0) is 25.1 Å². The van der Waals surface area contributed by atoms with Gasteiger partial charge in [-0.3, -0.25) is 4.79 Å². The van der Waals surface area contributed by atoms with Crippen LogP contribution in [0.3, 0.4) is 0 Å². The van der Waals surface area contributed by atoms with Gasteiger partial charge in [0.2, 0.25) is 0 Å². The van der Waals surface area contributed by atoms with E-state index in [1.54, 1.807) is 29.1 Å². The molecular formula is C10H8ClN3O. The fraction of sp³-hybridized carbons (Fsp3) is 0.100. The van der Waals surface area contributed by atoms with Crippen molar-refractivity contribution in [2.45, 2.75) is 6.92 Å². The molecule has 4 nitrogen and oxygen atoms in total. The van der Waals surface area contributed by atoms with Crippen LogP contribution >= 0.6 is 11.6 Å². The van der Waals surface area contributed by atoms with Crippen molar-refractivity contribution in [1.29, 1.82) is 0 Å². The molecule has 0 spiro atoms. The largest absolute Gasteiger partial charge is 0.298 e. The number of aryl methyl sites for hydroxylation is 1. The predicted octanol–water partition coefficient (Wildman–Crippen LogP) is 2.04. The molecule has 0 aliphatic rings. The lowest BCUT2D eigenvalue weighted by Crippen LogP contribution is -1.95. The first kappa shape index (κ1) is 9.86. The van der Waals surface area contributed by atoms with Crippen LogP contribution < -0.4 is 0 Å². The first-order valence-electron chi connectivity index (χ1n) is 4.35. The Hall–Kier alpha value is -1.68. The van der Waals surface area contributed by atoms with E-state index in [4.69, 9.17) is 11.6 Å². The minimum absolute atomic E-state index is 0.413. The topological polar surface area (TPSA) is 47.8 Å². The zero-order valence-electron chi connectivity index (χ0n) is 8.01. The van der Waals surface area contributed by atoms with E-state index < -0.39 is 0 Å². The fourth-order valence-electron chi connectivity index (χ4n) is 1.23. The highest BCUT2D eigenvalue weighted by Gasteiger charge is 2.03. The summed E-state index contributed by atoms with van der Waals surface area (Å²) >= 11 is 5.89. The number of hydrogen-bond donors (Lipinski definition) is 0. The molecule has 0 aliphatic carbocycles. The van der Waals surface area contributed by atoms with Crippen molar-refractivity contribution in [1.82, 2.24) is 15.0 Å². The number of halogens is 1. The van der Waals surface area contributed by atoms with Gasteiger partial charge >= 0.3 is 0 Å². The summed E-state index contributed by atoms with van der Waals surface area (Å²) in [6.45, 7) is 1.85. The summed E-state index contributed by atoms with van der Waals surface area (Å²) in [5.74, 6) is 0. The van der Waals surface area contributed by atoms with Gasteiger partial charge in [0, 0.05) is 5.56 Å². The molecule has 0 amide bonds. The summed E-state index contributed by atoms with van der Waals surface area (Å²) in [4.78, 5) is 10.6. The average molecular weight is 222 g/mol. The maximum Gasteiger partial charge on any atom is 0.151 e. The number of nitrogens with zero attached hydrogens (tertiary/aromatic N) is 3. The van der Waals surface area contributed by atoms with E-state index >= 15 is 0 Å². The molecule has 0 atom stereocenters. The number of aromatic nitrogens is 3. The molecule has 0 fully saturated rings. The van der Waals surface area contributed by atoms with Gasteiger partial charge in [-0.1, -0.05) is 16.8 Å². The minimum atomic E-state index is 0.413. The molecule has 5 heteroatoms. The van der Waals surface area contributed by atoms with Crippen molar-refractivity contribution < 1.29 is 4.79 Å². The van der Waals surface area contributed by atoms with Gasteiger partial charge in [0.05, 0.1) is 22.6 Å². The Morgan fingerprint density at radius 3 is 2.80 bits per heavy atom. The van der Waals surface area contributed by atoms with Crippen LogP contribution in [-0.4, -0.2) is 21.3 Å². The molecule has 1 aromatic heterocycles. The van der Waals surface area contributed by atoms with Crippen LogP contribution in [0.2, 0.25) is 5.02 Å². The van der Waals surface area contributed by atoms with E-state index in [0.717, 1.165) is 17.7 Å². The van der Waals surface area contributed by atoms with E-state index in [0.29, 0.717) is 10.6 Å². The molecule has 0 saturated carbocycles. The molecule has 2 rings (SSSR count). The van der Waals surface area contributed by atoms with Crippen molar-refractivity contribution in [3.8, 4) is 5.69 Å². The quantitative estimate of drug-likeness (QED) is 0.730. The van der Waals surface area contributed by atoms with Crippen molar-refractivity contribution in [3.05, 3.63) is 40.7 Å². The Morgan fingerprint density at radius 1 is 1.47 bits per heavy atom. The van der Waals surface area contributed by atoms with E-state index in [2.05, 4.69) is 10.3 Å². The molecule has 76 valence electrons. The monoisotopic (exact) mass is 221 g/mol. The summed E-state index contributed by atoms with van der Waals surface area (Å²) in [7, 11) is 0. The molecule has 2 aromatic rings. The molecule has 0 aliphatic heterocycles. The summed E-state index contributed by atoms with van der Waals surface area (Å²) < 4.78 is 1.61. The smallest absolute Gasteiger partial charge is 0.151 e. The lowest BCUT2D eigenvalue weighted by Gasteiger charge is -2.01. The van der Waals surface area contributed by atoms with Gasteiger partial charge < -0.3 is 0 Å². The zero-order chi connectivity index (χ0) is 10.8. The molecule has 0 saturated heterocycles. The van der Waals surface area contributed by atoms with Crippen LogP contribution in [0.15, 0.2) is 24.4 Å². The second-order valence-electron chi connectivity index (χ2n) is 3.13. The standard InChI is InChI=1S/C10H8ClN3O/c1-7-5-14(13-12-7)9-3-2-8(6-15)10(11)4-9/h2-6H,1H3. The molecule has 1 heterocycles. The third kappa shape index (κ3) is 1.89. The van der Waals surface area contributed by atoms with Crippen molar-refractivity contribution in [3.63, 3.8) is 0 Å². The number of hydrogen-bond acceptors (Lipinski definition) is 3. The maximum absolute atomic E-state index is 10.6. The zero-order valence-corrected chi connectivity index (χ0v) is 8.77. The van der Waals surface area contributed by atoms with Gasteiger partial charge in [0.15, 0.2) is 6.29 Å². The summed E-state index contributed by atoms with van der Waals surface area (Å²) in [6.07, 6.45) is 2.50. The average Bonchev–Trinajstić information content (AvgIpc) is 2.65. The second kappa shape index (κ2) is 3.82. The summed E-state index contributed by atoms with van der Waals surface area (Å²) in [5, 5.41) is 8.18. The number of aldehydes is 1. The molecular weight excluding hydrogens is 214 g/mol. The Morgan fingerprint density at radius 2 is 2.27 bits per heavy atom. The van der Waals surface area contributed by atoms with E-state index in [1.165, 1.54) is 0 Å². The normalized spacial score (nSPS) is 10.3. The number of carbonyl (C=O) groups is 1. The Kier molecular flexibility index (Phi) is 2.51. The summed E-state index contributed by atoms with van der Waals surface area (Å²) in [6, 6.07) is 5.10. The van der Waals surface area contributed by atoms with Gasteiger partial charge in [-0.25, -0.2) is 4.68 Å². The summed E-state index contributed by atoms with van der Waals surface area (Å²) in [5.41, 5.74) is 2.08. The number of rotatable bonds is 2. The van der Waals surface area contributed by atoms with Crippen LogP contribution in [0.4, 0.5) is 0 Å². The third-order valence-corrected chi connectivity index (χ3v) is 2.31. The highest BCUT2D eigenvalue weighted by atomic mass is 35.5. The Labute approximate surface area is 91.5 Å². The molecule has 0 radical (unpaired) electrons. The van der Waals surface area contributed by atoms with Crippen LogP contribution in [0.25, 0.3) is 5.69 Å². The van der Waals surface area contributed by atoms with Gasteiger partial charge in [0.1, 0.15) is 0 Å². The van der Waals surface area contributed by atoms with Crippen LogP contribution in [-0.2, 0) is 0 Å². The maximum atomic E-state index is 10.6. The Balaban J connectivity index is 2.46. The fourth-order valence-corrected chi connectivity index (χ4v) is 1.45. The van der Waals surface area contributed by atoms with Crippen molar-refractivity contribution in [2.75, 3.05) is 0 Å². The van der Waals surface area contributed by atoms with Crippen LogP contribution in [0.5, 0.6) is 0 Å².